The molecule has 0 aromatic heterocycles. The number of amides is 2. The SMILES string of the molecule is CC(C)(CN)CNC(=O)c1ccccc1-c1ccc(CN(CCc2ccc(O)cc2)C(=O)Cc2ccc(Br)cc2)cc1. The first-order chi connectivity index (χ1) is 20.1. The number of phenolic OH excluding ortho intramolecular Hbond substituents is 1. The number of carbonyl (C=O) groups excluding carboxylic acids is 2. The summed E-state index contributed by atoms with van der Waals surface area (Å²) in [4.78, 5) is 28.4. The van der Waals surface area contributed by atoms with E-state index < -0.39 is 0 Å². The summed E-state index contributed by atoms with van der Waals surface area (Å²) in [7, 11) is 0. The Kier molecular flexibility index (Phi) is 10.6. The molecule has 42 heavy (non-hydrogen) atoms. The second-order valence-corrected chi connectivity index (χ2v) is 12.2. The van der Waals surface area contributed by atoms with Gasteiger partial charge in [-0.1, -0.05) is 96.5 Å². The number of aromatic hydroxyl groups is 1. The molecule has 0 fully saturated rings. The summed E-state index contributed by atoms with van der Waals surface area (Å²) >= 11 is 3.45. The standard InChI is InChI=1S/C35H38BrN3O3/c1-35(2,23-37)24-38-34(42)32-6-4-3-5-31(32)28-13-7-27(8-14-28)22-39(20-19-25-11-17-30(40)18-12-25)33(41)21-26-9-15-29(36)16-10-26/h3-18,40H,19-24,37H2,1-2H3,(H,38,42). The maximum Gasteiger partial charge on any atom is 0.251 e. The highest BCUT2D eigenvalue weighted by molar-refractivity contribution is 9.10. The molecule has 4 aromatic carbocycles. The van der Waals surface area contributed by atoms with Gasteiger partial charge in [0.25, 0.3) is 5.91 Å². The van der Waals surface area contributed by atoms with Gasteiger partial charge in [-0.3, -0.25) is 9.59 Å². The lowest BCUT2D eigenvalue weighted by atomic mass is 9.93. The van der Waals surface area contributed by atoms with E-state index in [1.54, 1.807) is 12.1 Å². The van der Waals surface area contributed by atoms with E-state index in [9.17, 15) is 14.7 Å². The second-order valence-electron chi connectivity index (χ2n) is 11.3. The Morgan fingerprint density at radius 2 is 1.48 bits per heavy atom. The molecule has 0 bridgehead atoms. The van der Waals surface area contributed by atoms with Crippen molar-refractivity contribution in [2.24, 2.45) is 11.1 Å². The molecule has 4 rings (SSSR count). The number of nitrogens with one attached hydrogen (secondary N) is 1. The number of phenols is 1. The molecule has 0 spiro atoms. The first kappa shape index (κ1) is 31.0. The fourth-order valence-electron chi connectivity index (χ4n) is 4.54. The third kappa shape index (κ3) is 8.78. The minimum absolute atomic E-state index is 0.0441. The summed E-state index contributed by atoms with van der Waals surface area (Å²) in [6.45, 7) is 6.02. The van der Waals surface area contributed by atoms with Crippen LogP contribution in [0.1, 0.15) is 40.9 Å². The van der Waals surface area contributed by atoms with Crippen molar-refractivity contribution in [3.63, 3.8) is 0 Å². The molecule has 0 saturated carbocycles. The Morgan fingerprint density at radius 3 is 2.14 bits per heavy atom. The molecule has 0 radical (unpaired) electrons. The topological polar surface area (TPSA) is 95.7 Å². The summed E-state index contributed by atoms with van der Waals surface area (Å²) < 4.78 is 0.974. The van der Waals surface area contributed by atoms with E-state index in [1.165, 1.54) is 0 Å². The molecule has 4 aromatic rings. The lowest BCUT2D eigenvalue weighted by Gasteiger charge is -2.24. The van der Waals surface area contributed by atoms with Crippen LogP contribution < -0.4 is 11.1 Å². The van der Waals surface area contributed by atoms with E-state index >= 15 is 0 Å². The van der Waals surface area contributed by atoms with Crippen molar-refractivity contribution in [1.29, 1.82) is 0 Å². The third-order valence-corrected chi connectivity index (χ3v) is 7.85. The molecule has 0 atom stereocenters. The van der Waals surface area contributed by atoms with Gasteiger partial charge < -0.3 is 21.1 Å². The van der Waals surface area contributed by atoms with Crippen LogP contribution in [-0.2, 0) is 24.2 Å². The zero-order valence-electron chi connectivity index (χ0n) is 24.1. The number of halogens is 1. The highest BCUT2D eigenvalue weighted by Gasteiger charge is 2.19. The van der Waals surface area contributed by atoms with E-state index in [1.807, 2.05) is 104 Å². The maximum atomic E-state index is 13.5. The van der Waals surface area contributed by atoms with Crippen LogP contribution in [0, 0.1) is 5.41 Å². The van der Waals surface area contributed by atoms with Crippen molar-refractivity contribution in [1.82, 2.24) is 10.2 Å². The summed E-state index contributed by atoms with van der Waals surface area (Å²) in [5.41, 5.74) is 11.0. The molecular formula is C35H38BrN3O3. The van der Waals surface area contributed by atoms with Crippen molar-refractivity contribution in [3.8, 4) is 16.9 Å². The van der Waals surface area contributed by atoms with Gasteiger partial charge in [-0.2, -0.15) is 0 Å². The maximum absolute atomic E-state index is 13.5. The van der Waals surface area contributed by atoms with E-state index in [4.69, 9.17) is 5.73 Å². The van der Waals surface area contributed by atoms with Gasteiger partial charge in [-0.25, -0.2) is 0 Å². The van der Waals surface area contributed by atoms with Gasteiger partial charge in [0.15, 0.2) is 0 Å². The largest absolute Gasteiger partial charge is 0.508 e. The van der Waals surface area contributed by atoms with Crippen molar-refractivity contribution in [2.45, 2.75) is 33.2 Å². The van der Waals surface area contributed by atoms with Crippen molar-refractivity contribution >= 4 is 27.7 Å². The molecule has 218 valence electrons. The van der Waals surface area contributed by atoms with Gasteiger partial charge in [0.2, 0.25) is 5.91 Å². The number of benzene rings is 4. The fourth-order valence-corrected chi connectivity index (χ4v) is 4.80. The predicted molar refractivity (Wildman–Crippen MR) is 172 cm³/mol. The van der Waals surface area contributed by atoms with Gasteiger partial charge in [-0.05, 0) is 76.5 Å². The van der Waals surface area contributed by atoms with Crippen LogP contribution in [-0.4, -0.2) is 41.5 Å². The molecular weight excluding hydrogens is 590 g/mol. The Balaban J connectivity index is 1.50. The van der Waals surface area contributed by atoms with E-state index in [0.29, 0.717) is 44.6 Å². The van der Waals surface area contributed by atoms with Crippen molar-refractivity contribution in [2.75, 3.05) is 19.6 Å². The third-order valence-electron chi connectivity index (χ3n) is 7.32. The van der Waals surface area contributed by atoms with Crippen molar-refractivity contribution < 1.29 is 14.7 Å². The predicted octanol–water partition coefficient (Wildman–Crippen LogP) is 6.35. The molecule has 4 N–H and O–H groups in total. The lowest BCUT2D eigenvalue weighted by Crippen LogP contribution is -2.38. The number of nitrogens with two attached hydrogens (primary N) is 1. The summed E-state index contributed by atoms with van der Waals surface area (Å²) in [5, 5.41) is 12.7. The molecule has 6 nitrogen and oxygen atoms in total. The van der Waals surface area contributed by atoms with Crippen LogP contribution in [0.15, 0.2) is 102 Å². The van der Waals surface area contributed by atoms with Crippen LogP contribution in [0.5, 0.6) is 5.75 Å². The minimum atomic E-state index is -0.185. The Labute approximate surface area is 256 Å². The Morgan fingerprint density at radius 1 is 0.857 bits per heavy atom. The van der Waals surface area contributed by atoms with Crippen LogP contribution in [0.4, 0.5) is 0 Å². The van der Waals surface area contributed by atoms with Crippen LogP contribution >= 0.6 is 15.9 Å². The molecule has 0 aliphatic rings. The van der Waals surface area contributed by atoms with Crippen molar-refractivity contribution in [3.05, 3.63) is 124 Å². The highest BCUT2D eigenvalue weighted by atomic mass is 79.9. The van der Waals surface area contributed by atoms with Gasteiger partial charge in [0.1, 0.15) is 5.75 Å². The van der Waals surface area contributed by atoms with Crippen LogP contribution in [0.2, 0.25) is 0 Å². The molecule has 0 saturated heterocycles. The van der Waals surface area contributed by atoms with Gasteiger partial charge in [0.05, 0.1) is 6.42 Å². The molecule has 0 aliphatic heterocycles. The number of hydrogen-bond donors (Lipinski definition) is 3. The Hall–Kier alpha value is -3.94. The van der Waals surface area contributed by atoms with Gasteiger partial charge in [0, 0.05) is 29.7 Å². The normalized spacial score (nSPS) is 11.2. The smallest absolute Gasteiger partial charge is 0.251 e. The van der Waals surface area contributed by atoms with Crippen LogP contribution in [0.25, 0.3) is 11.1 Å². The summed E-state index contributed by atoms with van der Waals surface area (Å²) in [6.07, 6.45) is 0.984. The number of carbonyl (C=O) groups is 2. The summed E-state index contributed by atoms with van der Waals surface area (Å²) in [6, 6.07) is 30.5. The van der Waals surface area contributed by atoms with Crippen LogP contribution in [0.3, 0.4) is 0 Å². The fraction of sp³-hybridized carbons (Fsp3) is 0.257. The average molecular weight is 629 g/mol. The minimum Gasteiger partial charge on any atom is -0.508 e. The first-order valence-corrected chi connectivity index (χ1v) is 14.9. The number of nitrogens with zero attached hydrogens (tertiary/aromatic N) is 1. The molecule has 0 aliphatic carbocycles. The number of rotatable bonds is 12. The van der Waals surface area contributed by atoms with E-state index in [0.717, 1.165) is 32.3 Å². The lowest BCUT2D eigenvalue weighted by molar-refractivity contribution is -0.131. The quantitative estimate of drug-likeness (QED) is 0.170. The molecule has 0 unspecified atom stereocenters. The molecule has 2 amide bonds. The second kappa shape index (κ2) is 14.3. The highest BCUT2D eigenvalue weighted by Crippen LogP contribution is 2.25. The van der Waals surface area contributed by atoms with E-state index in [2.05, 4.69) is 21.2 Å². The Bertz CT molecular complexity index is 1480. The molecule has 0 heterocycles. The van der Waals surface area contributed by atoms with Gasteiger partial charge >= 0.3 is 0 Å². The summed E-state index contributed by atoms with van der Waals surface area (Å²) in [5.74, 6) is 0.137. The average Bonchev–Trinajstić information content (AvgIpc) is 3.00. The first-order valence-electron chi connectivity index (χ1n) is 14.1. The zero-order chi connectivity index (χ0) is 30.1. The van der Waals surface area contributed by atoms with E-state index in [-0.39, 0.29) is 23.0 Å². The monoisotopic (exact) mass is 627 g/mol. The number of hydrogen-bond acceptors (Lipinski definition) is 4. The zero-order valence-corrected chi connectivity index (χ0v) is 25.7. The van der Waals surface area contributed by atoms with Gasteiger partial charge in [-0.15, -0.1) is 0 Å². The molecule has 7 heteroatoms.